The maximum absolute atomic E-state index is 13.0. The van der Waals surface area contributed by atoms with Crippen molar-refractivity contribution in [2.45, 2.75) is 38.8 Å². The monoisotopic (exact) mass is 321 g/mol. The lowest BCUT2D eigenvalue weighted by Gasteiger charge is -2.21. The maximum Gasteiger partial charge on any atom is 0.239 e. The van der Waals surface area contributed by atoms with Crippen LogP contribution in [0.2, 0.25) is 0 Å². The first kappa shape index (κ1) is 17.4. The molecular formula is C17H24FN3O2. The third kappa shape index (κ3) is 6.36. The predicted molar refractivity (Wildman–Crippen MR) is 86.1 cm³/mol. The van der Waals surface area contributed by atoms with E-state index in [4.69, 9.17) is 0 Å². The van der Waals surface area contributed by atoms with Crippen LogP contribution in [0.5, 0.6) is 0 Å². The third-order valence-corrected chi connectivity index (χ3v) is 3.73. The molecule has 0 aliphatic heterocycles. The fraction of sp³-hybridized carbons (Fsp3) is 0.529. The molecule has 23 heavy (non-hydrogen) atoms. The van der Waals surface area contributed by atoms with Crippen LogP contribution in [0.4, 0.5) is 4.39 Å². The SMILES string of the molecule is CCCNC(=O)CNC(=O)CN(Cc1ccc(F)cc1)C1CC1. The molecule has 0 aromatic heterocycles. The van der Waals surface area contributed by atoms with Crippen molar-refractivity contribution in [1.82, 2.24) is 15.5 Å². The predicted octanol–water partition coefficient (Wildman–Crippen LogP) is 1.43. The van der Waals surface area contributed by atoms with Gasteiger partial charge in [0.2, 0.25) is 11.8 Å². The molecule has 1 aromatic carbocycles. The van der Waals surface area contributed by atoms with Crippen molar-refractivity contribution in [2.75, 3.05) is 19.6 Å². The molecule has 5 nitrogen and oxygen atoms in total. The topological polar surface area (TPSA) is 61.4 Å². The minimum absolute atomic E-state index is 0.00783. The summed E-state index contributed by atoms with van der Waals surface area (Å²) in [7, 11) is 0. The highest BCUT2D eigenvalue weighted by atomic mass is 19.1. The maximum atomic E-state index is 13.0. The molecule has 1 aliphatic rings. The van der Waals surface area contributed by atoms with Crippen molar-refractivity contribution in [3.05, 3.63) is 35.6 Å². The van der Waals surface area contributed by atoms with E-state index in [-0.39, 0.29) is 30.7 Å². The number of hydrogen-bond acceptors (Lipinski definition) is 3. The normalized spacial score (nSPS) is 13.9. The van der Waals surface area contributed by atoms with Gasteiger partial charge in [0.15, 0.2) is 0 Å². The summed E-state index contributed by atoms with van der Waals surface area (Å²) < 4.78 is 13.0. The second-order valence-corrected chi connectivity index (χ2v) is 5.89. The Hall–Kier alpha value is -1.95. The van der Waals surface area contributed by atoms with E-state index in [0.717, 1.165) is 24.8 Å². The van der Waals surface area contributed by atoms with Gasteiger partial charge in [0.25, 0.3) is 0 Å². The number of rotatable bonds is 9. The molecule has 1 aromatic rings. The van der Waals surface area contributed by atoms with Crippen LogP contribution >= 0.6 is 0 Å². The first-order valence-electron chi connectivity index (χ1n) is 8.10. The quantitative estimate of drug-likeness (QED) is 0.723. The van der Waals surface area contributed by atoms with E-state index in [0.29, 0.717) is 19.1 Å². The van der Waals surface area contributed by atoms with Crippen LogP contribution in [0.15, 0.2) is 24.3 Å². The number of hydrogen-bond donors (Lipinski definition) is 2. The van der Waals surface area contributed by atoms with Crippen molar-refractivity contribution in [3.63, 3.8) is 0 Å². The first-order valence-corrected chi connectivity index (χ1v) is 8.10. The van der Waals surface area contributed by atoms with Gasteiger partial charge in [-0.25, -0.2) is 4.39 Å². The van der Waals surface area contributed by atoms with E-state index >= 15 is 0 Å². The van der Waals surface area contributed by atoms with Crippen LogP contribution in [-0.4, -0.2) is 42.4 Å². The van der Waals surface area contributed by atoms with Crippen molar-refractivity contribution in [3.8, 4) is 0 Å². The van der Waals surface area contributed by atoms with Gasteiger partial charge < -0.3 is 10.6 Å². The van der Waals surface area contributed by atoms with Gasteiger partial charge in [-0.2, -0.15) is 0 Å². The number of nitrogens with one attached hydrogen (secondary N) is 2. The molecule has 2 N–H and O–H groups in total. The Morgan fingerprint density at radius 2 is 1.87 bits per heavy atom. The molecule has 2 rings (SSSR count). The highest BCUT2D eigenvalue weighted by Gasteiger charge is 2.30. The Balaban J connectivity index is 1.78. The summed E-state index contributed by atoms with van der Waals surface area (Å²) in [4.78, 5) is 25.6. The van der Waals surface area contributed by atoms with Gasteiger partial charge in [-0.3, -0.25) is 14.5 Å². The third-order valence-electron chi connectivity index (χ3n) is 3.73. The van der Waals surface area contributed by atoms with Gasteiger partial charge in [0.1, 0.15) is 5.82 Å². The summed E-state index contributed by atoms with van der Waals surface area (Å²) in [5, 5.41) is 5.37. The van der Waals surface area contributed by atoms with E-state index in [9.17, 15) is 14.0 Å². The van der Waals surface area contributed by atoms with E-state index in [1.54, 1.807) is 12.1 Å². The lowest BCUT2D eigenvalue weighted by Crippen LogP contribution is -2.42. The average Bonchev–Trinajstić information content (AvgIpc) is 3.37. The fourth-order valence-corrected chi connectivity index (χ4v) is 2.32. The second kappa shape index (κ2) is 8.62. The van der Waals surface area contributed by atoms with Crippen molar-refractivity contribution in [1.29, 1.82) is 0 Å². The van der Waals surface area contributed by atoms with Crippen LogP contribution < -0.4 is 10.6 Å². The summed E-state index contributed by atoms with van der Waals surface area (Å²) in [5.41, 5.74) is 0.979. The van der Waals surface area contributed by atoms with Gasteiger partial charge >= 0.3 is 0 Å². The molecule has 0 saturated heterocycles. The van der Waals surface area contributed by atoms with Crippen LogP contribution in [0, 0.1) is 5.82 Å². The second-order valence-electron chi connectivity index (χ2n) is 5.89. The van der Waals surface area contributed by atoms with Crippen LogP contribution in [0.25, 0.3) is 0 Å². The largest absolute Gasteiger partial charge is 0.355 e. The van der Waals surface area contributed by atoms with Crippen LogP contribution in [0.1, 0.15) is 31.7 Å². The summed E-state index contributed by atoms with van der Waals surface area (Å²) >= 11 is 0. The molecule has 0 radical (unpaired) electrons. The molecule has 1 fully saturated rings. The van der Waals surface area contributed by atoms with E-state index in [2.05, 4.69) is 15.5 Å². The Morgan fingerprint density at radius 3 is 2.48 bits per heavy atom. The molecule has 0 atom stereocenters. The number of amides is 2. The lowest BCUT2D eigenvalue weighted by molar-refractivity contribution is -0.126. The van der Waals surface area contributed by atoms with Crippen LogP contribution in [-0.2, 0) is 16.1 Å². The highest BCUT2D eigenvalue weighted by molar-refractivity contribution is 5.85. The zero-order valence-corrected chi connectivity index (χ0v) is 13.5. The van der Waals surface area contributed by atoms with E-state index < -0.39 is 0 Å². The Kier molecular flexibility index (Phi) is 6.52. The summed E-state index contributed by atoms with van der Waals surface area (Å²) in [5.74, 6) is -0.593. The fourth-order valence-electron chi connectivity index (χ4n) is 2.32. The zero-order chi connectivity index (χ0) is 16.7. The molecule has 0 heterocycles. The van der Waals surface area contributed by atoms with Crippen LogP contribution in [0.3, 0.4) is 0 Å². The molecule has 6 heteroatoms. The zero-order valence-electron chi connectivity index (χ0n) is 13.5. The standard InChI is InChI=1S/C17H24FN3O2/c1-2-9-19-16(22)10-20-17(23)12-21(15-7-8-15)11-13-3-5-14(18)6-4-13/h3-6,15H,2,7-12H2,1H3,(H,19,22)(H,20,23). The summed E-state index contributed by atoms with van der Waals surface area (Å²) in [6.45, 7) is 3.46. The molecule has 2 amide bonds. The number of halogens is 1. The summed E-state index contributed by atoms with van der Waals surface area (Å²) in [6.07, 6.45) is 3.02. The first-order chi connectivity index (χ1) is 11.1. The molecular weight excluding hydrogens is 297 g/mol. The number of nitrogens with zero attached hydrogens (tertiary/aromatic N) is 1. The van der Waals surface area contributed by atoms with Gasteiger partial charge in [-0.05, 0) is 37.0 Å². The molecule has 0 unspecified atom stereocenters. The molecule has 126 valence electrons. The van der Waals surface area contributed by atoms with Gasteiger partial charge in [0, 0.05) is 19.1 Å². The molecule has 1 aliphatic carbocycles. The number of carbonyl (C=O) groups is 2. The smallest absolute Gasteiger partial charge is 0.239 e. The summed E-state index contributed by atoms with van der Waals surface area (Å²) in [6, 6.07) is 6.73. The molecule has 1 saturated carbocycles. The van der Waals surface area contributed by atoms with Crippen molar-refractivity contribution in [2.24, 2.45) is 0 Å². The Labute approximate surface area is 136 Å². The van der Waals surface area contributed by atoms with Crippen molar-refractivity contribution >= 4 is 11.8 Å². The van der Waals surface area contributed by atoms with Gasteiger partial charge in [-0.1, -0.05) is 19.1 Å². The van der Waals surface area contributed by atoms with Crippen molar-refractivity contribution < 1.29 is 14.0 Å². The van der Waals surface area contributed by atoms with Gasteiger partial charge in [0.05, 0.1) is 13.1 Å². The highest BCUT2D eigenvalue weighted by Crippen LogP contribution is 2.28. The molecule has 0 spiro atoms. The minimum Gasteiger partial charge on any atom is -0.355 e. The minimum atomic E-state index is -0.262. The average molecular weight is 321 g/mol. The number of benzene rings is 1. The lowest BCUT2D eigenvalue weighted by atomic mass is 10.2. The Morgan fingerprint density at radius 1 is 1.17 bits per heavy atom. The number of carbonyl (C=O) groups excluding carboxylic acids is 2. The molecule has 0 bridgehead atoms. The van der Waals surface area contributed by atoms with E-state index in [1.165, 1.54) is 12.1 Å². The van der Waals surface area contributed by atoms with E-state index in [1.807, 2.05) is 6.92 Å². The van der Waals surface area contributed by atoms with Gasteiger partial charge in [-0.15, -0.1) is 0 Å². The Bertz CT molecular complexity index is 529.